The fourth-order valence-electron chi connectivity index (χ4n) is 4.62. The van der Waals surface area contributed by atoms with Crippen molar-refractivity contribution in [3.63, 3.8) is 0 Å². The molecule has 1 N–H and O–H groups in total. The van der Waals surface area contributed by atoms with Gasteiger partial charge in [-0.15, -0.1) is 0 Å². The Bertz CT molecular complexity index is 1650. The number of Topliss-reactive ketones (excluding diaryl/α,β-unsaturated/α-hetero) is 1. The molecular weight excluding hydrogens is 547 g/mol. The number of aliphatic hydroxyl groups excluding tert-OH is 1. The number of fused-ring (bicyclic) bond motifs is 1. The first kappa shape index (κ1) is 28.1. The molecule has 5 rings (SSSR count). The van der Waals surface area contributed by atoms with Crippen molar-refractivity contribution in [3.8, 4) is 17.2 Å². The zero-order valence-electron chi connectivity index (χ0n) is 23.0. The molecule has 1 aliphatic rings. The highest BCUT2D eigenvalue weighted by molar-refractivity contribution is 7.22. The highest BCUT2D eigenvalue weighted by atomic mass is 32.1. The first-order chi connectivity index (χ1) is 19.7. The van der Waals surface area contributed by atoms with E-state index >= 15 is 0 Å². The molecule has 1 amide bonds. The van der Waals surface area contributed by atoms with Crippen LogP contribution in [-0.4, -0.2) is 42.6 Å². The van der Waals surface area contributed by atoms with Crippen LogP contribution in [0, 0.1) is 11.7 Å². The van der Waals surface area contributed by atoms with Crippen LogP contribution in [-0.2, 0) is 9.59 Å². The van der Waals surface area contributed by atoms with Crippen LogP contribution in [0.3, 0.4) is 0 Å². The van der Waals surface area contributed by atoms with Crippen molar-refractivity contribution >= 4 is 44.1 Å². The van der Waals surface area contributed by atoms with Gasteiger partial charge in [-0.1, -0.05) is 31.3 Å². The lowest BCUT2D eigenvalue weighted by molar-refractivity contribution is -0.132. The molecule has 1 atom stereocenters. The minimum absolute atomic E-state index is 0.110. The molecule has 1 fully saturated rings. The van der Waals surface area contributed by atoms with Crippen molar-refractivity contribution in [1.82, 2.24) is 4.98 Å². The number of amides is 1. The summed E-state index contributed by atoms with van der Waals surface area (Å²) in [5.41, 5.74) is 1.20. The predicted octanol–water partition coefficient (Wildman–Crippen LogP) is 6.50. The molecule has 212 valence electrons. The third-order valence-electron chi connectivity index (χ3n) is 6.81. The van der Waals surface area contributed by atoms with Crippen LogP contribution >= 0.6 is 11.3 Å². The quantitative estimate of drug-likeness (QED) is 0.138. The standard InChI is InChI=1S/C31H29FN2O6S/c1-17(2)13-14-40-23-12-7-19(15-24(23)39-4)27-26(28(35)18-5-9-21(38-3)10-6-18)29(36)30(37)34(27)31-33-22-11-8-20(32)16-25(22)41-31/h5-12,15-17,27,35H,13-14H2,1-4H3/b28-26+. The first-order valence-electron chi connectivity index (χ1n) is 13.0. The van der Waals surface area contributed by atoms with Gasteiger partial charge < -0.3 is 19.3 Å². The minimum Gasteiger partial charge on any atom is -0.507 e. The number of ether oxygens (including phenoxy) is 3. The second kappa shape index (κ2) is 11.6. The number of aromatic nitrogens is 1. The number of methoxy groups -OCH3 is 2. The summed E-state index contributed by atoms with van der Waals surface area (Å²) in [5.74, 6) is -0.568. The summed E-state index contributed by atoms with van der Waals surface area (Å²) >= 11 is 1.08. The molecule has 0 radical (unpaired) electrons. The summed E-state index contributed by atoms with van der Waals surface area (Å²) in [7, 11) is 3.03. The number of halogens is 1. The third-order valence-corrected chi connectivity index (χ3v) is 7.83. The average Bonchev–Trinajstić information content (AvgIpc) is 3.50. The molecule has 2 heterocycles. The van der Waals surface area contributed by atoms with Gasteiger partial charge in [0.05, 0.1) is 42.7 Å². The molecule has 4 aromatic rings. The smallest absolute Gasteiger partial charge is 0.301 e. The lowest BCUT2D eigenvalue weighted by Gasteiger charge is -2.24. The molecule has 8 nitrogen and oxygen atoms in total. The number of carbonyl (C=O) groups is 2. The molecule has 1 aromatic heterocycles. The maximum Gasteiger partial charge on any atom is 0.301 e. The molecule has 0 saturated carbocycles. The van der Waals surface area contributed by atoms with Crippen molar-refractivity contribution < 1.29 is 33.3 Å². The summed E-state index contributed by atoms with van der Waals surface area (Å²) in [4.78, 5) is 32.9. The van der Waals surface area contributed by atoms with Gasteiger partial charge in [-0.2, -0.15) is 0 Å². The van der Waals surface area contributed by atoms with E-state index < -0.39 is 23.5 Å². The molecular formula is C31H29FN2O6S. The van der Waals surface area contributed by atoms with E-state index in [1.807, 2.05) is 0 Å². The summed E-state index contributed by atoms with van der Waals surface area (Å²) in [5, 5.41) is 11.6. The number of benzene rings is 3. The average molecular weight is 577 g/mol. The molecule has 41 heavy (non-hydrogen) atoms. The molecule has 10 heteroatoms. The fourth-order valence-corrected chi connectivity index (χ4v) is 5.63. The van der Waals surface area contributed by atoms with E-state index in [4.69, 9.17) is 14.2 Å². The van der Waals surface area contributed by atoms with Gasteiger partial charge in [0, 0.05) is 5.56 Å². The lowest BCUT2D eigenvalue weighted by atomic mass is 9.95. The Balaban J connectivity index is 1.66. The molecule has 0 aliphatic carbocycles. The zero-order chi connectivity index (χ0) is 29.3. The van der Waals surface area contributed by atoms with Gasteiger partial charge in [-0.25, -0.2) is 9.37 Å². The van der Waals surface area contributed by atoms with Crippen molar-refractivity contribution in [2.75, 3.05) is 25.7 Å². The van der Waals surface area contributed by atoms with E-state index in [-0.39, 0.29) is 16.5 Å². The van der Waals surface area contributed by atoms with Crippen LogP contribution in [0.15, 0.2) is 66.2 Å². The molecule has 0 bridgehead atoms. The van der Waals surface area contributed by atoms with E-state index in [1.54, 1.807) is 42.5 Å². The number of thiazole rings is 1. The normalized spacial score (nSPS) is 16.5. The minimum atomic E-state index is -1.04. The number of ketones is 1. The summed E-state index contributed by atoms with van der Waals surface area (Å²) in [6.07, 6.45) is 0.852. The van der Waals surface area contributed by atoms with Gasteiger partial charge in [-0.05, 0) is 72.5 Å². The lowest BCUT2D eigenvalue weighted by Crippen LogP contribution is -2.29. The molecule has 0 spiro atoms. The van der Waals surface area contributed by atoms with E-state index in [0.29, 0.717) is 51.1 Å². The van der Waals surface area contributed by atoms with Crippen molar-refractivity contribution in [3.05, 3.63) is 83.2 Å². The Morgan fingerprint density at radius 2 is 1.78 bits per heavy atom. The van der Waals surface area contributed by atoms with E-state index in [0.717, 1.165) is 17.8 Å². The van der Waals surface area contributed by atoms with Crippen LogP contribution in [0.25, 0.3) is 16.0 Å². The maximum atomic E-state index is 13.9. The van der Waals surface area contributed by atoms with Crippen molar-refractivity contribution in [2.24, 2.45) is 5.92 Å². The summed E-state index contributed by atoms with van der Waals surface area (Å²) in [6.45, 7) is 4.70. The van der Waals surface area contributed by atoms with Gasteiger partial charge in [0.15, 0.2) is 16.6 Å². The molecule has 1 unspecified atom stereocenters. The van der Waals surface area contributed by atoms with E-state index in [9.17, 15) is 19.1 Å². The van der Waals surface area contributed by atoms with Crippen LogP contribution in [0.1, 0.15) is 37.4 Å². The maximum absolute atomic E-state index is 13.9. The van der Waals surface area contributed by atoms with Crippen molar-refractivity contribution in [1.29, 1.82) is 0 Å². The number of hydrogen-bond donors (Lipinski definition) is 1. The van der Waals surface area contributed by atoms with Gasteiger partial charge in [0.2, 0.25) is 0 Å². The van der Waals surface area contributed by atoms with Gasteiger partial charge in [-0.3, -0.25) is 14.5 Å². The second-order valence-electron chi connectivity index (χ2n) is 9.95. The molecule has 1 saturated heterocycles. The van der Waals surface area contributed by atoms with E-state index in [2.05, 4.69) is 18.8 Å². The number of rotatable bonds is 9. The van der Waals surface area contributed by atoms with Gasteiger partial charge >= 0.3 is 5.91 Å². The zero-order valence-corrected chi connectivity index (χ0v) is 23.8. The Morgan fingerprint density at radius 1 is 1.02 bits per heavy atom. The SMILES string of the molecule is COc1ccc(/C(O)=C2\C(=O)C(=O)N(c3nc4ccc(F)cc4s3)C2c2ccc(OCCC(C)C)c(OC)c2)cc1. The van der Waals surface area contributed by atoms with Gasteiger partial charge in [0.25, 0.3) is 5.78 Å². The van der Waals surface area contributed by atoms with Crippen LogP contribution in [0.2, 0.25) is 0 Å². The topological polar surface area (TPSA) is 98.2 Å². The molecule has 1 aliphatic heterocycles. The highest BCUT2D eigenvalue weighted by Gasteiger charge is 2.48. The molecule has 3 aromatic carbocycles. The number of anilines is 1. The summed E-state index contributed by atoms with van der Waals surface area (Å²) < 4.78 is 31.2. The Morgan fingerprint density at radius 3 is 2.46 bits per heavy atom. The summed E-state index contributed by atoms with van der Waals surface area (Å²) in [6, 6.07) is 14.7. The number of hydrogen-bond acceptors (Lipinski definition) is 8. The Kier molecular flexibility index (Phi) is 7.94. The number of aliphatic hydroxyl groups is 1. The Labute approximate surface area is 240 Å². The van der Waals surface area contributed by atoms with Crippen molar-refractivity contribution in [2.45, 2.75) is 26.3 Å². The highest BCUT2D eigenvalue weighted by Crippen LogP contribution is 2.46. The number of nitrogens with zero attached hydrogens (tertiary/aromatic N) is 2. The van der Waals surface area contributed by atoms with Crippen LogP contribution in [0.4, 0.5) is 9.52 Å². The van der Waals surface area contributed by atoms with Crippen LogP contribution in [0.5, 0.6) is 17.2 Å². The predicted molar refractivity (Wildman–Crippen MR) is 155 cm³/mol. The van der Waals surface area contributed by atoms with Crippen LogP contribution < -0.4 is 19.1 Å². The second-order valence-corrected chi connectivity index (χ2v) is 11.0. The Hall–Kier alpha value is -4.44. The van der Waals surface area contributed by atoms with Gasteiger partial charge in [0.1, 0.15) is 17.3 Å². The monoisotopic (exact) mass is 576 g/mol. The fraction of sp³-hybridized carbons (Fsp3) is 0.258. The first-order valence-corrected chi connectivity index (χ1v) is 13.9. The third kappa shape index (κ3) is 5.47. The van der Waals surface area contributed by atoms with E-state index in [1.165, 1.54) is 37.3 Å². The largest absolute Gasteiger partial charge is 0.507 e. The number of carbonyl (C=O) groups excluding carboxylic acids is 2.